The average molecular weight is 393 g/mol. The highest BCUT2D eigenvalue weighted by Crippen LogP contribution is 2.21. The van der Waals surface area contributed by atoms with Crippen LogP contribution in [0.4, 0.5) is 0 Å². The third-order valence-electron chi connectivity index (χ3n) is 5.70. The molecule has 0 spiro atoms. The molecule has 1 aliphatic rings. The van der Waals surface area contributed by atoms with E-state index >= 15 is 0 Å². The number of carbonyl (C=O) groups is 1. The Balaban J connectivity index is 1.41. The summed E-state index contributed by atoms with van der Waals surface area (Å²) in [6.45, 7) is 3.17. The predicted molar refractivity (Wildman–Crippen MR) is 113 cm³/mol. The van der Waals surface area contributed by atoms with Gasteiger partial charge in [-0.1, -0.05) is 24.3 Å². The topological polar surface area (TPSA) is 96.4 Å². The third-order valence-corrected chi connectivity index (χ3v) is 5.70. The van der Waals surface area contributed by atoms with E-state index in [4.69, 9.17) is 5.73 Å². The number of primary amides is 1. The van der Waals surface area contributed by atoms with E-state index in [1.165, 1.54) is 0 Å². The minimum atomic E-state index is -0.611. The van der Waals surface area contributed by atoms with Crippen molar-refractivity contribution in [2.24, 2.45) is 5.73 Å². The Morgan fingerprint density at radius 3 is 2.62 bits per heavy atom. The minimum Gasteiger partial charge on any atom is -0.388 e. The molecule has 7 nitrogen and oxygen atoms in total. The molecule has 1 saturated heterocycles. The molecule has 152 valence electrons. The van der Waals surface area contributed by atoms with Crippen LogP contribution in [0.2, 0.25) is 0 Å². The summed E-state index contributed by atoms with van der Waals surface area (Å²) in [4.78, 5) is 13.9. The maximum atomic E-state index is 11.6. The van der Waals surface area contributed by atoms with Crippen molar-refractivity contribution in [2.75, 3.05) is 26.7 Å². The van der Waals surface area contributed by atoms with Gasteiger partial charge in [-0.3, -0.25) is 4.79 Å². The number of hydrogen-bond donors (Lipinski definition) is 3. The Hall–Kier alpha value is -2.74. The smallest absolute Gasteiger partial charge is 0.250 e. The number of nitrogens with zero attached hydrogens (tertiary/aromatic N) is 3. The lowest BCUT2D eigenvalue weighted by Gasteiger charge is -2.36. The molecule has 0 atom stereocenters. The quantitative estimate of drug-likeness (QED) is 0.592. The van der Waals surface area contributed by atoms with E-state index < -0.39 is 11.5 Å². The lowest BCUT2D eigenvalue weighted by molar-refractivity contribution is -0.0145. The zero-order valence-corrected chi connectivity index (χ0v) is 16.6. The van der Waals surface area contributed by atoms with Crippen molar-refractivity contribution in [2.45, 2.75) is 25.0 Å². The number of hydrogen-bond acceptors (Lipinski definition) is 5. The van der Waals surface area contributed by atoms with Crippen LogP contribution in [0.3, 0.4) is 0 Å². The zero-order chi connectivity index (χ0) is 20.4. The van der Waals surface area contributed by atoms with Gasteiger partial charge in [-0.15, -0.1) is 0 Å². The fourth-order valence-corrected chi connectivity index (χ4v) is 3.79. The molecule has 3 aromatic rings. The van der Waals surface area contributed by atoms with Crippen LogP contribution in [-0.4, -0.2) is 58.0 Å². The number of likely N-dealkylation sites (tertiary alicyclic amines) is 1. The number of piperidine rings is 1. The lowest BCUT2D eigenvalue weighted by atomic mass is 9.91. The monoisotopic (exact) mass is 393 g/mol. The fraction of sp³-hybridized carbons (Fsp3) is 0.364. The van der Waals surface area contributed by atoms with Crippen LogP contribution < -0.4 is 11.1 Å². The van der Waals surface area contributed by atoms with E-state index in [2.05, 4.69) is 22.4 Å². The highest BCUT2D eigenvalue weighted by atomic mass is 16.3. The van der Waals surface area contributed by atoms with Crippen LogP contribution in [0.1, 0.15) is 28.8 Å². The number of aromatic nitrogens is 2. The van der Waals surface area contributed by atoms with E-state index in [9.17, 15) is 9.90 Å². The Morgan fingerprint density at radius 1 is 1.21 bits per heavy atom. The second-order valence-corrected chi connectivity index (χ2v) is 7.98. The van der Waals surface area contributed by atoms with E-state index in [1.54, 1.807) is 10.7 Å². The second-order valence-electron chi connectivity index (χ2n) is 7.98. The lowest BCUT2D eigenvalue weighted by Crippen LogP contribution is -2.48. The number of benzene rings is 2. The summed E-state index contributed by atoms with van der Waals surface area (Å²) in [7, 11) is 2.09. The molecule has 1 amide bonds. The van der Waals surface area contributed by atoms with Gasteiger partial charge in [0.2, 0.25) is 0 Å². The van der Waals surface area contributed by atoms with Crippen LogP contribution >= 0.6 is 0 Å². The Kier molecular flexibility index (Phi) is 5.36. The molecule has 4 N–H and O–H groups in total. The molecular formula is C22H27N5O2. The highest BCUT2D eigenvalue weighted by molar-refractivity contribution is 6.04. The molecule has 0 saturated carbocycles. The van der Waals surface area contributed by atoms with E-state index in [-0.39, 0.29) is 0 Å². The van der Waals surface area contributed by atoms with Crippen molar-refractivity contribution in [3.05, 3.63) is 59.8 Å². The first-order valence-electron chi connectivity index (χ1n) is 9.93. The third kappa shape index (κ3) is 4.32. The van der Waals surface area contributed by atoms with Crippen LogP contribution in [0.15, 0.2) is 48.7 Å². The Morgan fingerprint density at radius 2 is 1.93 bits per heavy atom. The zero-order valence-electron chi connectivity index (χ0n) is 16.6. The molecule has 0 bridgehead atoms. The predicted octanol–water partition coefficient (Wildman–Crippen LogP) is 1.67. The molecular weight excluding hydrogens is 366 g/mol. The molecule has 2 aromatic carbocycles. The van der Waals surface area contributed by atoms with Crippen molar-refractivity contribution in [3.8, 4) is 5.69 Å². The van der Waals surface area contributed by atoms with E-state index in [0.717, 1.165) is 42.6 Å². The second kappa shape index (κ2) is 7.94. The van der Waals surface area contributed by atoms with Crippen LogP contribution in [0.5, 0.6) is 0 Å². The summed E-state index contributed by atoms with van der Waals surface area (Å²) >= 11 is 0. The normalized spacial score (nSPS) is 16.9. The summed E-state index contributed by atoms with van der Waals surface area (Å²) in [6, 6.07) is 13.5. The first-order valence-corrected chi connectivity index (χ1v) is 9.93. The Bertz CT molecular complexity index is 1000. The van der Waals surface area contributed by atoms with Gasteiger partial charge in [0.05, 0.1) is 16.9 Å². The van der Waals surface area contributed by atoms with Crippen molar-refractivity contribution in [1.29, 1.82) is 0 Å². The maximum Gasteiger partial charge on any atom is 0.250 e. The van der Waals surface area contributed by atoms with Crippen LogP contribution in [0, 0.1) is 0 Å². The van der Waals surface area contributed by atoms with E-state index in [1.807, 2.05) is 42.6 Å². The number of nitrogens with one attached hydrogen (secondary N) is 1. The molecule has 0 unspecified atom stereocenters. The average Bonchev–Trinajstić information content (AvgIpc) is 3.15. The van der Waals surface area contributed by atoms with Crippen LogP contribution in [0.25, 0.3) is 16.6 Å². The number of carbonyl (C=O) groups excluding carboxylic acids is 1. The van der Waals surface area contributed by atoms with Gasteiger partial charge in [0.1, 0.15) is 5.52 Å². The van der Waals surface area contributed by atoms with Crippen molar-refractivity contribution >= 4 is 16.8 Å². The number of nitrogens with two attached hydrogens (primary N) is 1. The van der Waals surface area contributed by atoms with Crippen LogP contribution in [-0.2, 0) is 6.54 Å². The number of amides is 1. The van der Waals surface area contributed by atoms with E-state index in [0.29, 0.717) is 24.2 Å². The summed E-state index contributed by atoms with van der Waals surface area (Å²) in [5.74, 6) is -0.478. The molecule has 2 heterocycles. The first-order chi connectivity index (χ1) is 13.9. The minimum absolute atomic E-state index is 0.425. The van der Waals surface area contributed by atoms with Gasteiger partial charge in [-0.25, -0.2) is 4.68 Å². The molecule has 0 radical (unpaired) electrons. The summed E-state index contributed by atoms with van der Waals surface area (Å²) in [6.07, 6.45) is 3.50. The number of aliphatic hydroxyl groups is 1. The Labute approximate surface area is 170 Å². The van der Waals surface area contributed by atoms with Gasteiger partial charge >= 0.3 is 0 Å². The van der Waals surface area contributed by atoms with Gasteiger partial charge in [-0.05, 0) is 43.7 Å². The van der Waals surface area contributed by atoms with Gasteiger partial charge in [0.25, 0.3) is 5.91 Å². The highest BCUT2D eigenvalue weighted by Gasteiger charge is 2.30. The summed E-state index contributed by atoms with van der Waals surface area (Å²) in [5, 5.41) is 19.5. The first kappa shape index (κ1) is 19.6. The number of rotatable bonds is 6. The standard InChI is InChI=1S/C22H27N5O2/c1-26-11-9-22(29,10-12-26)15-24-13-16-5-7-18(8-6-16)27-14-17-3-2-4-19(21(23)28)20(17)25-27/h2-8,14,24,29H,9-13,15H2,1H3,(H2,23,28). The SMILES string of the molecule is CN1CCC(O)(CNCc2ccc(-n3cc4cccc(C(N)=O)c4n3)cc2)CC1. The van der Waals surface area contributed by atoms with Crippen molar-refractivity contribution in [1.82, 2.24) is 20.0 Å². The van der Waals surface area contributed by atoms with Gasteiger partial charge in [-0.2, -0.15) is 5.10 Å². The molecule has 1 fully saturated rings. The summed E-state index contributed by atoms with van der Waals surface area (Å²) in [5.41, 5.74) is 7.92. The van der Waals surface area contributed by atoms with Crippen molar-refractivity contribution < 1.29 is 9.90 Å². The molecule has 4 rings (SSSR count). The number of fused-ring (bicyclic) bond motifs is 1. The molecule has 0 aliphatic carbocycles. The molecule has 29 heavy (non-hydrogen) atoms. The van der Waals surface area contributed by atoms with Gasteiger partial charge < -0.3 is 21.1 Å². The largest absolute Gasteiger partial charge is 0.388 e. The van der Waals surface area contributed by atoms with Gasteiger partial charge in [0.15, 0.2) is 0 Å². The molecule has 7 heteroatoms. The van der Waals surface area contributed by atoms with Crippen molar-refractivity contribution in [3.63, 3.8) is 0 Å². The fourth-order valence-electron chi connectivity index (χ4n) is 3.79. The molecule has 1 aliphatic heterocycles. The van der Waals surface area contributed by atoms with Gasteiger partial charge in [0, 0.05) is 37.8 Å². The molecule has 1 aromatic heterocycles. The summed E-state index contributed by atoms with van der Waals surface area (Å²) < 4.78 is 1.76. The maximum absolute atomic E-state index is 11.6.